The topological polar surface area (TPSA) is 52.0 Å². The van der Waals surface area contributed by atoms with E-state index in [1.165, 1.54) is 10.1 Å². The highest BCUT2D eigenvalue weighted by Crippen LogP contribution is 2.42. The van der Waals surface area contributed by atoms with Gasteiger partial charge < -0.3 is 10.3 Å². The number of nitrogen functional groups attached to an aromatic ring is 1. The van der Waals surface area contributed by atoms with Crippen molar-refractivity contribution in [3.05, 3.63) is 47.8 Å². The van der Waals surface area contributed by atoms with Crippen LogP contribution in [0, 0.1) is 0 Å². The first kappa shape index (κ1) is 11.7. The molecule has 0 aliphatic rings. The van der Waals surface area contributed by atoms with Crippen molar-refractivity contribution in [2.75, 3.05) is 5.73 Å². The van der Waals surface area contributed by atoms with Gasteiger partial charge in [-0.05, 0) is 29.0 Å². The van der Waals surface area contributed by atoms with Crippen molar-refractivity contribution >= 4 is 38.6 Å². The molecular formula is C15H10N2OS2. The second-order valence-electron chi connectivity index (χ2n) is 4.40. The lowest BCUT2D eigenvalue weighted by Crippen LogP contribution is -1.84. The molecule has 1 aromatic carbocycles. The smallest absolute Gasteiger partial charge is 0.231 e. The zero-order valence-corrected chi connectivity index (χ0v) is 12.0. The Morgan fingerprint density at radius 3 is 2.75 bits per heavy atom. The van der Waals surface area contributed by atoms with E-state index in [0.717, 1.165) is 21.0 Å². The fourth-order valence-electron chi connectivity index (χ4n) is 2.23. The van der Waals surface area contributed by atoms with Crippen molar-refractivity contribution in [2.24, 2.45) is 0 Å². The third-order valence-corrected chi connectivity index (χ3v) is 5.16. The largest absolute Gasteiger partial charge is 0.367 e. The zero-order chi connectivity index (χ0) is 13.5. The highest BCUT2D eigenvalue weighted by molar-refractivity contribution is 7.22. The van der Waals surface area contributed by atoms with Crippen LogP contribution in [0.4, 0.5) is 5.88 Å². The first-order chi connectivity index (χ1) is 9.83. The number of benzene rings is 1. The Labute approximate surface area is 123 Å². The highest BCUT2D eigenvalue weighted by Gasteiger charge is 2.19. The molecule has 4 rings (SSSR count). The fourth-order valence-corrected chi connectivity index (χ4v) is 4.05. The second-order valence-corrected chi connectivity index (χ2v) is 6.43. The van der Waals surface area contributed by atoms with Gasteiger partial charge in [0.1, 0.15) is 5.69 Å². The molecule has 0 saturated carbocycles. The van der Waals surface area contributed by atoms with E-state index in [1.54, 1.807) is 22.7 Å². The average Bonchev–Trinajstić information content (AvgIpc) is 3.16. The first-order valence-electron chi connectivity index (χ1n) is 6.11. The predicted octanol–water partition coefficient (Wildman–Crippen LogP) is 4.87. The minimum Gasteiger partial charge on any atom is -0.367 e. The van der Waals surface area contributed by atoms with Gasteiger partial charge in [-0.25, -0.2) is 0 Å². The van der Waals surface area contributed by atoms with Crippen LogP contribution in [0.25, 0.3) is 31.1 Å². The van der Waals surface area contributed by atoms with E-state index >= 15 is 0 Å². The second kappa shape index (κ2) is 4.47. The summed E-state index contributed by atoms with van der Waals surface area (Å²) in [7, 11) is 0. The summed E-state index contributed by atoms with van der Waals surface area (Å²) < 4.78 is 6.45. The maximum atomic E-state index is 5.95. The first-order valence-corrected chi connectivity index (χ1v) is 7.80. The molecule has 0 aliphatic carbocycles. The van der Waals surface area contributed by atoms with Gasteiger partial charge in [0.2, 0.25) is 5.88 Å². The normalized spacial score (nSPS) is 11.2. The van der Waals surface area contributed by atoms with Gasteiger partial charge in [-0.1, -0.05) is 29.4 Å². The fraction of sp³-hybridized carbons (Fsp3) is 0. The molecule has 3 aromatic heterocycles. The van der Waals surface area contributed by atoms with Crippen LogP contribution in [0.15, 0.2) is 52.4 Å². The predicted molar refractivity (Wildman–Crippen MR) is 85.0 cm³/mol. The number of nitrogens with two attached hydrogens (primary N) is 1. The molecule has 3 heterocycles. The third kappa shape index (κ3) is 1.75. The average molecular weight is 298 g/mol. The van der Waals surface area contributed by atoms with Gasteiger partial charge in [0, 0.05) is 9.58 Å². The Hall–Kier alpha value is -2.11. The zero-order valence-electron chi connectivity index (χ0n) is 10.4. The van der Waals surface area contributed by atoms with E-state index in [0.29, 0.717) is 5.88 Å². The summed E-state index contributed by atoms with van der Waals surface area (Å²) in [5.74, 6) is 0.375. The van der Waals surface area contributed by atoms with Crippen LogP contribution in [-0.2, 0) is 0 Å². The van der Waals surface area contributed by atoms with Crippen molar-refractivity contribution in [3.8, 4) is 21.0 Å². The summed E-state index contributed by atoms with van der Waals surface area (Å²) in [5, 5.41) is 7.39. The molecule has 0 fully saturated rings. The number of anilines is 1. The Kier molecular flexibility index (Phi) is 2.61. The molecule has 0 atom stereocenters. The van der Waals surface area contributed by atoms with Gasteiger partial charge >= 0.3 is 0 Å². The molecule has 0 spiro atoms. The van der Waals surface area contributed by atoms with Crippen molar-refractivity contribution in [2.45, 2.75) is 0 Å². The van der Waals surface area contributed by atoms with Crippen LogP contribution >= 0.6 is 22.7 Å². The minimum atomic E-state index is 0.375. The van der Waals surface area contributed by atoms with Gasteiger partial charge in [-0.15, -0.1) is 22.7 Å². The van der Waals surface area contributed by atoms with Gasteiger partial charge in [-0.3, -0.25) is 0 Å². The summed E-state index contributed by atoms with van der Waals surface area (Å²) in [6.07, 6.45) is 0. The lowest BCUT2D eigenvalue weighted by Gasteiger charge is -1.96. The monoisotopic (exact) mass is 298 g/mol. The standard InChI is InChI=1S/C15H10N2OS2/c16-15-13(11-6-3-7-19-11)14(17-18-15)12-8-9-4-1-2-5-10(9)20-12/h1-8H,16H2. The van der Waals surface area contributed by atoms with Crippen molar-refractivity contribution < 1.29 is 4.52 Å². The van der Waals surface area contributed by atoms with E-state index < -0.39 is 0 Å². The molecule has 0 amide bonds. The van der Waals surface area contributed by atoms with Crippen LogP contribution in [0.3, 0.4) is 0 Å². The molecule has 0 bridgehead atoms. The van der Waals surface area contributed by atoms with Crippen molar-refractivity contribution in [1.82, 2.24) is 5.16 Å². The molecule has 20 heavy (non-hydrogen) atoms. The molecule has 2 N–H and O–H groups in total. The molecule has 0 radical (unpaired) electrons. The number of hydrogen-bond acceptors (Lipinski definition) is 5. The van der Waals surface area contributed by atoms with E-state index in [4.69, 9.17) is 10.3 Å². The molecule has 98 valence electrons. The van der Waals surface area contributed by atoms with E-state index in [-0.39, 0.29) is 0 Å². The number of aromatic nitrogens is 1. The molecule has 0 unspecified atom stereocenters. The molecular weight excluding hydrogens is 288 g/mol. The van der Waals surface area contributed by atoms with E-state index in [9.17, 15) is 0 Å². The Bertz CT molecular complexity index is 841. The third-order valence-electron chi connectivity index (χ3n) is 3.14. The summed E-state index contributed by atoms with van der Waals surface area (Å²) >= 11 is 3.34. The molecule has 4 aromatic rings. The summed E-state index contributed by atoms with van der Waals surface area (Å²) in [4.78, 5) is 2.16. The summed E-state index contributed by atoms with van der Waals surface area (Å²) in [6.45, 7) is 0. The van der Waals surface area contributed by atoms with Gasteiger partial charge in [-0.2, -0.15) is 0 Å². The van der Waals surface area contributed by atoms with Gasteiger partial charge in [0.25, 0.3) is 0 Å². The number of thiophene rings is 2. The quantitative estimate of drug-likeness (QED) is 0.574. The Morgan fingerprint density at radius 1 is 1.05 bits per heavy atom. The Balaban J connectivity index is 1.95. The lowest BCUT2D eigenvalue weighted by molar-refractivity contribution is 0.439. The van der Waals surface area contributed by atoms with Gasteiger partial charge in [0.15, 0.2) is 0 Å². The molecule has 0 saturated heterocycles. The van der Waals surface area contributed by atoms with E-state index in [2.05, 4.69) is 23.4 Å². The van der Waals surface area contributed by atoms with Crippen molar-refractivity contribution in [1.29, 1.82) is 0 Å². The maximum absolute atomic E-state index is 5.95. The van der Waals surface area contributed by atoms with Crippen LogP contribution in [0.5, 0.6) is 0 Å². The number of fused-ring (bicyclic) bond motifs is 1. The summed E-state index contributed by atoms with van der Waals surface area (Å²) in [5.41, 5.74) is 7.67. The van der Waals surface area contributed by atoms with E-state index in [1.807, 2.05) is 29.6 Å². The minimum absolute atomic E-state index is 0.375. The molecule has 3 nitrogen and oxygen atoms in total. The van der Waals surface area contributed by atoms with Crippen LogP contribution in [0.2, 0.25) is 0 Å². The molecule has 5 heteroatoms. The molecule has 0 aliphatic heterocycles. The SMILES string of the molecule is Nc1onc(-c2cc3ccccc3s2)c1-c1cccs1. The Morgan fingerprint density at radius 2 is 1.95 bits per heavy atom. The summed E-state index contributed by atoms with van der Waals surface area (Å²) in [6, 6.07) is 14.5. The number of hydrogen-bond donors (Lipinski definition) is 1. The lowest BCUT2D eigenvalue weighted by atomic mass is 10.1. The number of nitrogens with zero attached hydrogens (tertiary/aromatic N) is 1. The van der Waals surface area contributed by atoms with Crippen LogP contribution in [0.1, 0.15) is 0 Å². The number of rotatable bonds is 2. The van der Waals surface area contributed by atoms with Crippen LogP contribution < -0.4 is 5.73 Å². The van der Waals surface area contributed by atoms with Crippen LogP contribution in [-0.4, -0.2) is 5.16 Å². The van der Waals surface area contributed by atoms with Gasteiger partial charge in [0.05, 0.1) is 10.4 Å². The maximum Gasteiger partial charge on any atom is 0.231 e. The highest BCUT2D eigenvalue weighted by atomic mass is 32.1. The van der Waals surface area contributed by atoms with Crippen molar-refractivity contribution in [3.63, 3.8) is 0 Å².